The molecule has 1 aliphatic rings. The molecular weight excluding hydrogens is 357 g/mol. The number of fused-ring (bicyclic) bond motifs is 1. The van der Waals surface area contributed by atoms with E-state index in [1.54, 1.807) is 0 Å². The highest BCUT2D eigenvalue weighted by Gasteiger charge is 2.41. The van der Waals surface area contributed by atoms with Crippen LogP contribution in [0.1, 0.15) is 31.2 Å². The smallest absolute Gasteiger partial charge is 0.391 e. The van der Waals surface area contributed by atoms with Crippen LogP contribution in [0.5, 0.6) is 5.75 Å². The van der Waals surface area contributed by atoms with Crippen molar-refractivity contribution in [3.8, 4) is 5.75 Å². The van der Waals surface area contributed by atoms with Gasteiger partial charge in [0, 0.05) is 0 Å². The first-order chi connectivity index (χ1) is 12.8. The number of alkyl halides is 3. The van der Waals surface area contributed by atoms with Crippen LogP contribution >= 0.6 is 0 Å². The molecule has 0 aromatic heterocycles. The number of esters is 1. The topological polar surface area (TPSA) is 35.5 Å². The fourth-order valence-electron chi connectivity index (χ4n) is 3.58. The lowest BCUT2D eigenvalue weighted by Crippen LogP contribution is -2.29. The van der Waals surface area contributed by atoms with Crippen LogP contribution in [0.2, 0.25) is 0 Å². The van der Waals surface area contributed by atoms with Crippen molar-refractivity contribution in [3.05, 3.63) is 42.0 Å². The number of hydrogen-bond donors (Lipinski definition) is 0. The molecule has 6 heteroatoms. The van der Waals surface area contributed by atoms with Gasteiger partial charge in [0.2, 0.25) is 0 Å². The molecule has 0 aliphatic heterocycles. The molecular formula is C21H23F3O3. The summed E-state index contributed by atoms with van der Waals surface area (Å²) in [6, 6.07) is 11.4. The molecule has 0 saturated heterocycles. The van der Waals surface area contributed by atoms with Gasteiger partial charge in [0.25, 0.3) is 0 Å². The van der Waals surface area contributed by atoms with E-state index < -0.39 is 12.1 Å². The van der Waals surface area contributed by atoms with Crippen LogP contribution in [0.4, 0.5) is 13.2 Å². The van der Waals surface area contributed by atoms with E-state index in [1.165, 1.54) is 7.11 Å². The molecule has 3 nitrogen and oxygen atoms in total. The molecule has 0 atom stereocenters. The van der Waals surface area contributed by atoms with Gasteiger partial charge in [0.05, 0.1) is 26.1 Å². The van der Waals surface area contributed by atoms with Crippen molar-refractivity contribution in [3.63, 3.8) is 0 Å². The Labute approximate surface area is 156 Å². The Morgan fingerprint density at radius 1 is 1.04 bits per heavy atom. The summed E-state index contributed by atoms with van der Waals surface area (Å²) in [5.74, 6) is -0.564. The Hall–Kier alpha value is -2.24. The molecule has 0 spiro atoms. The van der Waals surface area contributed by atoms with Gasteiger partial charge in [-0.1, -0.05) is 24.3 Å². The minimum atomic E-state index is -4.07. The third-order valence-corrected chi connectivity index (χ3v) is 5.25. The van der Waals surface area contributed by atoms with Gasteiger partial charge in [0.1, 0.15) is 5.75 Å². The number of methoxy groups -OCH3 is 1. The Kier molecular flexibility index (Phi) is 5.92. The highest BCUT2D eigenvalue weighted by atomic mass is 19.4. The summed E-state index contributed by atoms with van der Waals surface area (Å²) in [4.78, 5) is 11.4. The van der Waals surface area contributed by atoms with Gasteiger partial charge in [-0.25, -0.2) is 0 Å². The summed E-state index contributed by atoms with van der Waals surface area (Å²) in [6.07, 6.45) is -2.36. The third kappa shape index (κ3) is 5.15. The average molecular weight is 380 g/mol. The third-order valence-electron chi connectivity index (χ3n) is 5.25. The molecule has 1 saturated carbocycles. The molecule has 0 amide bonds. The Balaban J connectivity index is 1.57. The van der Waals surface area contributed by atoms with E-state index in [1.807, 2.05) is 36.4 Å². The monoisotopic (exact) mass is 380 g/mol. The molecule has 0 N–H and O–H groups in total. The van der Waals surface area contributed by atoms with E-state index >= 15 is 0 Å². The van der Waals surface area contributed by atoms with Crippen LogP contribution in [-0.2, 0) is 16.0 Å². The van der Waals surface area contributed by atoms with Crippen molar-refractivity contribution in [2.45, 2.75) is 38.3 Å². The molecule has 146 valence electrons. The van der Waals surface area contributed by atoms with Gasteiger partial charge in [0.15, 0.2) is 0 Å². The lowest BCUT2D eigenvalue weighted by molar-refractivity contribution is -0.184. The quantitative estimate of drug-likeness (QED) is 0.660. The summed E-state index contributed by atoms with van der Waals surface area (Å²) in [5.41, 5.74) is 0.879. The van der Waals surface area contributed by atoms with Crippen molar-refractivity contribution in [1.29, 1.82) is 0 Å². The van der Waals surface area contributed by atoms with Crippen molar-refractivity contribution >= 4 is 16.7 Å². The number of rotatable bonds is 5. The summed E-state index contributed by atoms with van der Waals surface area (Å²) >= 11 is 0. The summed E-state index contributed by atoms with van der Waals surface area (Å²) < 4.78 is 48.7. The molecule has 1 aliphatic carbocycles. The normalized spacial score (nSPS) is 20.4. The summed E-state index contributed by atoms with van der Waals surface area (Å²) in [5, 5.41) is 1.98. The minimum absolute atomic E-state index is 0.168. The number of halogens is 3. The molecule has 0 radical (unpaired) electrons. The molecule has 2 aromatic carbocycles. The number of carbonyl (C=O) groups excluding carboxylic acids is 1. The first kappa shape index (κ1) is 19.5. The second-order valence-corrected chi connectivity index (χ2v) is 7.17. The van der Waals surface area contributed by atoms with Crippen LogP contribution in [-0.4, -0.2) is 25.9 Å². The summed E-state index contributed by atoms with van der Waals surface area (Å²) in [7, 11) is 1.36. The van der Waals surface area contributed by atoms with Crippen LogP contribution < -0.4 is 4.74 Å². The highest BCUT2D eigenvalue weighted by Crippen LogP contribution is 2.39. The number of benzene rings is 2. The Morgan fingerprint density at radius 3 is 2.37 bits per heavy atom. The maximum absolute atomic E-state index is 12.7. The van der Waals surface area contributed by atoms with E-state index in [4.69, 9.17) is 4.74 Å². The molecule has 3 rings (SSSR count). The molecule has 0 unspecified atom stereocenters. The fraction of sp³-hybridized carbons (Fsp3) is 0.476. The van der Waals surface area contributed by atoms with Crippen molar-refractivity contribution in [1.82, 2.24) is 0 Å². The number of hydrogen-bond acceptors (Lipinski definition) is 3. The van der Waals surface area contributed by atoms with Gasteiger partial charge in [-0.2, -0.15) is 13.2 Å². The van der Waals surface area contributed by atoms with Crippen molar-refractivity contribution in [2.75, 3.05) is 13.7 Å². The van der Waals surface area contributed by atoms with Crippen molar-refractivity contribution < 1.29 is 27.4 Å². The van der Waals surface area contributed by atoms with Gasteiger partial charge in [-0.05, 0) is 60.1 Å². The highest BCUT2D eigenvalue weighted by molar-refractivity contribution is 5.85. The van der Waals surface area contributed by atoms with E-state index in [0.717, 1.165) is 16.3 Å². The Morgan fingerprint density at radius 2 is 1.70 bits per heavy atom. The zero-order valence-electron chi connectivity index (χ0n) is 15.2. The number of ether oxygens (including phenoxy) is 2. The summed E-state index contributed by atoms with van der Waals surface area (Å²) in [6.45, 7) is 0.441. The first-order valence-electron chi connectivity index (χ1n) is 9.14. The molecule has 0 bridgehead atoms. The van der Waals surface area contributed by atoms with Crippen LogP contribution in [0.3, 0.4) is 0 Å². The largest absolute Gasteiger partial charge is 0.493 e. The predicted octanol–water partition coefficient (Wildman–Crippen LogP) is 5.30. The van der Waals surface area contributed by atoms with Gasteiger partial charge in [-0.15, -0.1) is 0 Å². The van der Waals surface area contributed by atoms with E-state index in [0.29, 0.717) is 25.2 Å². The molecule has 2 aromatic rings. The average Bonchev–Trinajstić information content (AvgIpc) is 2.65. The lowest BCUT2D eigenvalue weighted by Gasteiger charge is -2.29. The second-order valence-electron chi connectivity index (χ2n) is 7.17. The Bertz CT molecular complexity index is 793. The minimum Gasteiger partial charge on any atom is -0.493 e. The zero-order chi connectivity index (χ0) is 19.4. The van der Waals surface area contributed by atoms with Crippen LogP contribution in [0, 0.1) is 11.8 Å². The van der Waals surface area contributed by atoms with Gasteiger partial charge >= 0.3 is 12.1 Å². The van der Waals surface area contributed by atoms with E-state index in [-0.39, 0.29) is 31.1 Å². The number of carbonyl (C=O) groups is 1. The molecule has 0 heterocycles. The van der Waals surface area contributed by atoms with Gasteiger partial charge < -0.3 is 9.47 Å². The SMILES string of the molecule is COC(=O)Cc1ccc2cc(OCC3CCC(C(F)(F)F)CC3)ccc2c1. The van der Waals surface area contributed by atoms with Crippen LogP contribution in [0.15, 0.2) is 36.4 Å². The standard InChI is InChI=1S/C21H23F3O3/c1-26-20(25)11-15-2-5-17-12-19(9-6-16(17)10-15)27-13-14-3-7-18(8-4-14)21(22,23)24/h2,5-6,9-10,12,14,18H,3-4,7-8,11,13H2,1H3. The molecule has 1 fully saturated rings. The van der Waals surface area contributed by atoms with Gasteiger partial charge in [-0.3, -0.25) is 4.79 Å². The van der Waals surface area contributed by atoms with E-state index in [9.17, 15) is 18.0 Å². The van der Waals surface area contributed by atoms with Crippen LogP contribution in [0.25, 0.3) is 10.8 Å². The zero-order valence-corrected chi connectivity index (χ0v) is 15.2. The second kappa shape index (κ2) is 8.19. The van der Waals surface area contributed by atoms with E-state index in [2.05, 4.69) is 4.74 Å². The molecule has 27 heavy (non-hydrogen) atoms. The predicted molar refractivity (Wildman–Crippen MR) is 96.7 cm³/mol. The fourth-order valence-corrected chi connectivity index (χ4v) is 3.58. The maximum atomic E-state index is 12.7. The van der Waals surface area contributed by atoms with Crippen molar-refractivity contribution in [2.24, 2.45) is 11.8 Å². The first-order valence-corrected chi connectivity index (χ1v) is 9.14. The maximum Gasteiger partial charge on any atom is 0.391 e. The lowest BCUT2D eigenvalue weighted by atomic mass is 9.82.